The van der Waals surface area contributed by atoms with Gasteiger partial charge in [0.25, 0.3) is 0 Å². The molecular formula is C23H31N3O2S. The van der Waals surface area contributed by atoms with Gasteiger partial charge in [-0.05, 0) is 53.5 Å². The van der Waals surface area contributed by atoms with Crippen LogP contribution in [0.2, 0.25) is 0 Å². The minimum absolute atomic E-state index is 0.216. The lowest BCUT2D eigenvalue weighted by atomic mass is 10.0. The van der Waals surface area contributed by atoms with Crippen molar-refractivity contribution in [3.63, 3.8) is 0 Å². The Morgan fingerprint density at radius 1 is 1.03 bits per heavy atom. The maximum absolute atomic E-state index is 5.54. The van der Waals surface area contributed by atoms with Crippen LogP contribution < -0.4 is 15.4 Å². The molecule has 5 nitrogen and oxygen atoms in total. The zero-order chi connectivity index (χ0) is 20.6. The van der Waals surface area contributed by atoms with Crippen LogP contribution in [-0.4, -0.2) is 50.0 Å². The average molecular weight is 414 g/mol. The summed E-state index contributed by atoms with van der Waals surface area (Å²) in [5.41, 5.74) is 3.56. The van der Waals surface area contributed by atoms with Crippen LogP contribution in [0, 0.1) is 0 Å². The van der Waals surface area contributed by atoms with E-state index in [9.17, 15) is 0 Å². The molecule has 0 aromatic heterocycles. The quantitative estimate of drug-likeness (QED) is 0.664. The molecule has 0 amide bonds. The summed E-state index contributed by atoms with van der Waals surface area (Å²) in [5, 5.41) is 7.33. The Kier molecular flexibility index (Phi) is 7.86. The highest BCUT2D eigenvalue weighted by Gasteiger charge is 2.23. The maximum atomic E-state index is 5.54. The summed E-state index contributed by atoms with van der Waals surface area (Å²) in [6, 6.07) is 16.9. The number of methoxy groups -OCH3 is 1. The first-order valence-electron chi connectivity index (χ1n) is 10.2. The van der Waals surface area contributed by atoms with E-state index in [2.05, 4.69) is 65.8 Å². The van der Waals surface area contributed by atoms with Gasteiger partial charge in [0.15, 0.2) is 5.11 Å². The van der Waals surface area contributed by atoms with Crippen molar-refractivity contribution >= 4 is 23.0 Å². The van der Waals surface area contributed by atoms with Crippen LogP contribution >= 0.6 is 12.2 Å². The SMILES string of the molecule is COc1ccc([C@H](CNC(=S)Nc2ccc(C(C)C)cc2)N2CCOCC2)cc1. The van der Waals surface area contributed by atoms with Gasteiger partial charge in [-0.25, -0.2) is 0 Å². The van der Waals surface area contributed by atoms with E-state index in [1.165, 1.54) is 11.1 Å². The van der Waals surface area contributed by atoms with Crippen molar-refractivity contribution < 1.29 is 9.47 Å². The lowest BCUT2D eigenvalue weighted by molar-refractivity contribution is 0.0170. The number of anilines is 1. The third kappa shape index (κ3) is 6.16. The molecule has 29 heavy (non-hydrogen) atoms. The Balaban J connectivity index is 1.62. The molecule has 1 aliphatic rings. The van der Waals surface area contributed by atoms with Crippen molar-refractivity contribution in [1.82, 2.24) is 10.2 Å². The normalized spacial score (nSPS) is 15.7. The van der Waals surface area contributed by atoms with Crippen LogP contribution in [-0.2, 0) is 4.74 Å². The third-order valence-electron chi connectivity index (χ3n) is 5.28. The van der Waals surface area contributed by atoms with Crippen molar-refractivity contribution in [2.45, 2.75) is 25.8 Å². The van der Waals surface area contributed by atoms with E-state index in [-0.39, 0.29) is 6.04 Å². The van der Waals surface area contributed by atoms with Crippen LogP contribution in [0.1, 0.15) is 36.9 Å². The van der Waals surface area contributed by atoms with Gasteiger partial charge in [0, 0.05) is 25.3 Å². The molecule has 0 radical (unpaired) electrons. The van der Waals surface area contributed by atoms with E-state index < -0.39 is 0 Å². The van der Waals surface area contributed by atoms with Crippen LogP contribution in [0.4, 0.5) is 5.69 Å². The van der Waals surface area contributed by atoms with Gasteiger partial charge in [0.2, 0.25) is 0 Å². The predicted molar refractivity (Wildman–Crippen MR) is 123 cm³/mol. The zero-order valence-electron chi connectivity index (χ0n) is 17.5. The lowest BCUT2D eigenvalue weighted by Gasteiger charge is -2.35. The highest BCUT2D eigenvalue weighted by Crippen LogP contribution is 2.24. The Morgan fingerprint density at radius 3 is 2.24 bits per heavy atom. The molecule has 0 aliphatic carbocycles. The Hall–Kier alpha value is -2.15. The lowest BCUT2D eigenvalue weighted by Crippen LogP contribution is -2.44. The van der Waals surface area contributed by atoms with E-state index in [0.717, 1.165) is 44.3 Å². The van der Waals surface area contributed by atoms with E-state index >= 15 is 0 Å². The monoisotopic (exact) mass is 413 g/mol. The fourth-order valence-electron chi connectivity index (χ4n) is 3.49. The van der Waals surface area contributed by atoms with Crippen molar-refractivity contribution in [1.29, 1.82) is 0 Å². The van der Waals surface area contributed by atoms with E-state index in [1.54, 1.807) is 7.11 Å². The molecular weight excluding hydrogens is 382 g/mol. The molecule has 156 valence electrons. The highest BCUT2D eigenvalue weighted by molar-refractivity contribution is 7.80. The molecule has 2 aromatic carbocycles. The number of nitrogens with one attached hydrogen (secondary N) is 2. The standard InChI is InChI=1S/C23H31N3O2S/c1-17(2)18-4-8-20(9-5-18)25-23(29)24-16-22(26-12-14-28-15-13-26)19-6-10-21(27-3)11-7-19/h4-11,17,22H,12-16H2,1-3H3,(H2,24,25,29)/t22-/m0/s1. The minimum atomic E-state index is 0.216. The summed E-state index contributed by atoms with van der Waals surface area (Å²) >= 11 is 5.54. The number of hydrogen-bond donors (Lipinski definition) is 2. The maximum Gasteiger partial charge on any atom is 0.170 e. The van der Waals surface area contributed by atoms with Crippen LogP contribution in [0.15, 0.2) is 48.5 Å². The number of morpholine rings is 1. The van der Waals surface area contributed by atoms with Gasteiger partial charge in [0.1, 0.15) is 5.75 Å². The van der Waals surface area contributed by atoms with Crippen molar-refractivity contribution in [3.8, 4) is 5.75 Å². The van der Waals surface area contributed by atoms with Gasteiger partial charge >= 0.3 is 0 Å². The molecule has 0 saturated carbocycles. The summed E-state index contributed by atoms with van der Waals surface area (Å²) < 4.78 is 10.8. The number of rotatable bonds is 7. The summed E-state index contributed by atoms with van der Waals surface area (Å²) in [6.45, 7) is 8.46. The second-order valence-electron chi connectivity index (χ2n) is 7.55. The Morgan fingerprint density at radius 2 is 1.66 bits per heavy atom. The molecule has 0 bridgehead atoms. The van der Waals surface area contributed by atoms with Crippen LogP contribution in [0.25, 0.3) is 0 Å². The van der Waals surface area contributed by atoms with Crippen molar-refractivity contribution in [3.05, 3.63) is 59.7 Å². The molecule has 0 spiro atoms. The van der Waals surface area contributed by atoms with Gasteiger partial charge in [-0.1, -0.05) is 38.1 Å². The first-order valence-corrected chi connectivity index (χ1v) is 10.6. The fourth-order valence-corrected chi connectivity index (χ4v) is 3.69. The van der Waals surface area contributed by atoms with E-state index in [1.807, 2.05) is 12.1 Å². The molecule has 2 N–H and O–H groups in total. The molecule has 2 aromatic rings. The Labute approximate surface area is 179 Å². The summed E-state index contributed by atoms with van der Waals surface area (Å²) in [5.74, 6) is 1.39. The number of thiocarbonyl (C=S) groups is 1. The molecule has 6 heteroatoms. The Bertz CT molecular complexity index is 772. The van der Waals surface area contributed by atoms with Gasteiger partial charge in [-0.15, -0.1) is 0 Å². The number of nitrogens with zero attached hydrogens (tertiary/aromatic N) is 1. The first-order chi connectivity index (χ1) is 14.1. The van der Waals surface area contributed by atoms with Crippen molar-refractivity contribution in [2.75, 3.05) is 45.3 Å². The molecule has 1 fully saturated rings. The molecule has 1 heterocycles. The predicted octanol–water partition coefficient (Wildman–Crippen LogP) is 4.18. The molecule has 1 aliphatic heterocycles. The summed E-state index contributed by atoms with van der Waals surface area (Å²) in [6.07, 6.45) is 0. The van der Waals surface area contributed by atoms with E-state index in [0.29, 0.717) is 11.0 Å². The third-order valence-corrected chi connectivity index (χ3v) is 5.52. The van der Waals surface area contributed by atoms with Crippen LogP contribution in [0.3, 0.4) is 0 Å². The fraction of sp³-hybridized carbons (Fsp3) is 0.435. The number of hydrogen-bond acceptors (Lipinski definition) is 4. The minimum Gasteiger partial charge on any atom is -0.497 e. The van der Waals surface area contributed by atoms with Gasteiger partial charge in [0.05, 0.1) is 26.4 Å². The second kappa shape index (κ2) is 10.6. The molecule has 1 atom stereocenters. The molecule has 1 saturated heterocycles. The van der Waals surface area contributed by atoms with Gasteiger partial charge < -0.3 is 20.1 Å². The smallest absolute Gasteiger partial charge is 0.170 e. The highest BCUT2D eigenvalue weighted by atomic mass is 32.1. The number of ether oxygens (including phenoxy) is 2. The molecule has 3 rings (SSSR count). The largest absolute Gasteiger partial charge is 0.497 e. The number of benzene rings is 2. The molecule has 0 unspecified atom stereocenters. The zero-order valence-corrected chi connectivity index (χ0v) is 18.3. The average Bonchev–Trinajstić information content (AvgIpc) is 2.75. The van der Waals surface area contributed by atoms with Gasteiger partial charge in [-0.2, -0.15) is 0 Å². The summed E-state index contributed by atoms with van der Waals surface area (Å²) in [7, 11) is 1.69. The van der Waals surface area contributed by atoms with E-state index in [4.69, 9.17) is 21.7 Å². The topological polar surface area (TPSA) is 45.8 Å². The second-order valence-corrected chi connectivity index (χ2v) is 7.96. The first kappa shape index (κ1) is 21.6. The van der Waals surface area contributed by atoms with Gasteiger partial charge in [-0.3, -0.25) is 4.90 Å². The summed E-state index contributed by atoms with van der Waals surface area (Å²) in [4.78, 5) is 2.44. The van der Waals surface area contributed by atoms with Crippen molar-refractivity contribution in [2.24, 2.45) is 0 Å². The van der Waals surface area contributed by atoms with Crippen LogP contribution in [0.5, 0.6) is 5.75 Å².